The zero-order chi connectivity index (χ0) is 14.0. The van der Waals surface area contributed by atoms with Gasteiger partial charge in [0.2, 0.25) is 0 Å². The van der Waals surface area contributed by atoms with Crippen LogP contribution in [0.15, 0.2) is 40.9 Å². The van der Waals surface area contributed by atoms with E-state index < -0.39 is 11.9 Å². The minimum atomic E-state index is -0.511. The molecular formula is C15H15BrFNO. The average Bonchev–Trinajstić information content (AvgIpc) is 2.38. The normalized spacial score (nSPS) is 12.3. The lowest BCUT2D eigenvalue weighted by molar-refractivity contribution is 0.383. The largest absolute Gasteiger partial charge is 0.494 e. The second kappa shape index (κ2) is 5.72. The van der Waals surface area contributed by atoms with Crippen molar-refractivity contribution in [3.8, 4) is 5.75 Å². The highest BCUT2D eigenvalue weighted by molar-refractivity contribution is 9.10. The van der Waals surface area contributed by atoms with Gasteiger partial charge in [-0.05, 0) is 36.2 Å². The number of methoxy groups -OCH3 is 1. The molecule has 1 unspecified atom stereocenters. The van der Waals surface area contributed by atoms with Gasteiger partial charge in [-0.3, -0.25) is 0 Å². The summed E-state index contributed by atoms with van der Waals surface area (Å²) in [4.78, 5) is 0. The van der Waals surface area contributed by atoms with Gasteiger partial charge in [0.1, 0.15) is 0 Å². The van der Waals surface area contributed by atoms with Gasteiger partial charge >= 0.3 is 0 Å². The predicted octanol–water partition coefficient (Wildman–Crippen LogP) is 3.95. The van der Waals surface area contributed by atoms with Crippen molar-refractivity contribution in [3.63, 3.8) is 0 Å². The lowest BCUT2D eigenvalue weighted by atomic mass is 9.95. The van der Waals surface area contributed by atoms with Crippen LogP contribution in [-0.4, -0.2) is 7.11 Å². The van der Waals surface area contributed by atoms with Crippen LogP contribution in [0.25, 0.3) is 0 Å². The summed E-state index contributed by atoms with van der Waals surface area (Å²) in [6.45, 7) is 1.96. The molecule has 2 aromatic carbocycles. The van der Waals surface area contributed by atoms with E-state index in [1.165, 1.54) is 7.11 Å². The van der Waals surface area contributed by atoms with E-state index in [9.17, 15) is 4.39 Å². The SMILES string of the molecule is COc1cccc(C(N)c2ccc(Br)cc2C)c1F. The van der Waals surface area contributed by atoms with E-state index in [0.29, 0.717) is 5.56 Å². The second-order valence-corrected chi connectivity index (χ2v) is 5.26. The van der Waals surface area contributed by atoms with Crippen LogP contribution in [0, 0.1) is 12.7 Å². The van der Waals surface area contributed by atoms with Gasteiger partial charge in [0.05, 0.1) is 13.2 Å². The van der Waals surface area contributed by atoms with Gasteiger partial charge in [-0.25, -0.2) is 4.39 Å². The summed E-state index contributed by atoms with van der Waals surface area (Å²) in [5.74, 6) is -0.192. The number of ether oxygens (including phenoxy) is 1. The fraction of sp³-hybridized carbons (Fsp3) is 0.200. The molecule has 0 fully saturated rings. The van der Waals surface area contributed by atoms with E-state index in [1.807, 2.05) is 25.1 Å². The van der Waals surface area contributed by atoms with Crippen molar-refractivity contribution in [2.45, 2.75) is 13.0 Å². The molecule has 0 heterocycles. The summed E-state index contributed by atoms with van der Waals surface area (Å²) >= 11 is 3.40. The van der Waals surface area contributed by atoms with Crippen molar-refractivity contribution in [1.29, 1.82) is 0 Å². The molecular weight excluding hydrogens is 309 g/mol. The molecule has 0 aromatic heterocycles. The molecule has 0 bridgehead atoms. The third-order valence-corrected chi connectivity index (χ3v) is 3.61. The van der Waals surface area contributed by atoms with Crippen LogP contribution in [0.5, 0.6) is 5.75 Å². The van der Waals surface area contributed by atoms with Gasteiger partial charge in [0.25, 0.3) is 0 Å². The first-order chi connectivity index (χ1) is 9.04. The maximum Gasteiger partial charge on any atom is 0.170 e. The molecule has 2 nitrogen and oxygen atoms in total. The van der Waals surface area contributed by atoms with Crippen LogP contribution in [0.4, 0.5) is 4.39 Å². The van der Waals surface area contributed by atoms with Crippen LogP contribution >= 0.6 is 15.9 Å². The summed E-state index contributed by atoms with van der Waals surface area (Å²) in [6.07, 6.45) is 0. The summed E-state index contributed by atoms with van der Waals surface area (Å²) in [5, 5.41) is 0. The van der Waals surface area contributed by atoms with Crippen LogP contribution < -0.4 is 10.5 Å². The van der Waals surface area contributed by atoms with Crippen molar-refractivity contribution in [2.24, 2.45) is 5.73 Å². The highest BCUT2D eigenvalue weighted by Gasteiger charge is 2.18. The maximum absolute atomic E-state index is 14.2. The molecule has 0 saturated carbocycles. The highest BCUT2D eigenvalue weighted by Crippen LogP contribution is 2.30. The third-order valence-electron chi connectivity index (χ3n) is 3.12. The topological polar surface area (TPSA) is 35.2 Å². The van der Waals surface area contributed by atoms with Crippen LogP contribution in [0.2, 0.25) is 0 Å². The lowest BCUT2D eigenvalue weighted by Gasteiger charge is -2.17. The summed E-state index contributed by atoms with van der Waals surface area (Å²) < 4.78 is 20.2. The fourth-order valence-corrected chi connectivity index (χ4v) is 2.56. The lowest BCUT2D eigenvalue weighted by Crippen LogP contribution is -2.15. The average molecular weight is 324 g/mol. The van der Waals surface area contributed by atoms with Crippen LogP contribution in [0.3, 0.4) is 0 Å². The first-order valence-corrected chi connectivity index (χ1v) is 6.68. The molecule has 0 saturated heterocycles. The number of rotatable bonds is 3. The molecule has 1 atom stereocenters. The number of aryl methyl sites for hydroxylation is 1. The molecule has 0 radical (unpaired) electrons. The molecule has 0 aliphatic heterocycles. The smallest absolute Gasteiger partial charge is 0.170 e. The molecule has 0 spiro atoms. The molecule has 4 heteroatoms. The Hall–Kier alpha value is -1.39. The maximum atomic E-state index is 14.2. The van der Waals surface area contributed by atoms with E-state index in [0.717, 1.165) is 15.6 Å². The van der Waals surface area contributed by atoms with Crippen molar-refractivity contribution < 1.29 is 9.13 Å². The number of nitrogens with two attached hydrogens (primary N) is 1. The van der Waals surface area contributed by atoms with Crippen molar-refractivity contribution in [1.82, 2.24) is 0 Å². The van der Waals surface area contributed by atoms with Crippen molar-refractivity contribution >= 4 is 15.9 Å². The highest BCUT2D eigenvalue weighted by atomic mass is 79.9. The summed E-state index contributed by atoms with van der Waals surface area (Å²) in [6, 6.07) is 10.3. The Labute approximate surface area is 120 Å². The van der Waals surface area contributed by atoms with Gasteiger partial charge in [0, 0.05) is 10.0 Å². The molecule has 19 heavy (non-hydrogen) atoms. The quantitative estimate of drug-likeness (QED) is 0.928. The minimum absolute atomic E-state index is 0.211. The van der Waals surface area contributed by atoms with E-state index in [1.54, 1.807) is 18.2 Å². The van der Waals surface area contributed by atoms with Gasteiger partial charge < -0.3 is 10.5 Å². The predicted molar refractivity (Wildman–Crippen MR) is 77.9 cm³/mol. The van der Waals surface area contributed by atoms with Crippen LogP contribution in [0.1, 0.15) is 22.7 Å². The second-order valence-electron chi connectivity index (χ2n) is 4.34. The van der Waals surface area contributed by atoms with E-state index in [-0.39, 0.29) is 5.75 Å². The van der Waals surface area contributed by atoms with Gasteiger partial charge in [0.15, 0.2) is 11.6 Å². The minimum Gasteiger partial charge on any atom is -0.494 e. The molecule has 2 aromatic rings. The Morgan fingerprint density at radius 1 is 1.21 bits per heavy atom. The number of benzene rings is 2. The number of hydrogen-bond acceptors (Lipinski definition) is 2. The summed E-state index contributed by atoms with van der Waals surface area (Å²) in [5.41, 5.74) is 8.53. The zero-order valence-corrected chi connectivity index (χ0v) is 12.4. The Morgan fingerprint density at radius 2 is 1.95 bits per heavy atom. The molecule has 0 amide bonds. The Morgan fingerprint density at radius 3 is 2.58 bits per heavy atom. The standard InChI is InChI=1S/C15H15BrFNO/c1-9-8-10(16)6-7-11(9)15(18)12-4-3-5-13(19-2)14(12)17/h3-8,15H,18H2,1-2H3. The van der Waals surface area contributed by atoms with Gasteiger partial charge in [-0.1, -0.05) is 34.1 Å². The van der Waals surface area contributed by atoms with E-state index in [4.69, 9.17) is 10.5 Å². The molecule has 0 aliphatic rings. The van der Waals surface area contributed by atoms with Gasteiger partial charge in [-0.15, -0.1) is 0 Å². The first-order valence-electron chi connectivity index (χ1n) is 5.88. The monoisotopic (exact) mass is 323 g/mol. The van der Waals surface area contributed by atoms with E-state index in [2.05, 4.69) is 15.9 Å². The molecule has 2 N–H and O–H groups in total. The molecule has 100 valence electrons. The van der Waals surface area contributed by atoms with Crippen LogP contribution in [-0.2, 0) is 0 Å². The first kappa shape index (κ1) is 14.0. The summed E-state index contributed by atoms with van der Waals surface area (Å²) in [7, 11) is 1.44. The third kappa shape index (κ3) is 2.80. The Kier molecular flexibility index (Phi) is 4.22. The Balaban J connectivity index is 2.47. The Bertz CT molecular complexity index is 601. The van der Waals surface area contributed by atoms with Crippen molar-refractivity contribution in [3.05, 3.63) is 63.4 Å². The number of hydrogen-bond donors (Lipinski definition) is 1. The van der Waals surface area contributed by atoms with E-state index >= 15 is 0 Å². The molecule has 2 rings (SSSR count). The fourth-order valence-electron chi connectivity index (χ4n) is 2.08. The number of halogens is 2. The zero-order valence-electron chi connectivity index (χ0n) is 10.8. The van der Waals surface area contributed by atoms with Crippen molar-refractivity contribution in [2.75, 3.05) is 7.11 Å². The van der Waals surface area contributed by atoms with Gasteiger partial charge in [-0.2, -0.15) is 0 Å². The molecule has 0 aliphatic carbocycles.